The van der Waals surface area contributed by atoms with Gasteiger partial charge in [0.15, 0.2) is 43.1 Å². The standard InChI is InChI=1S/C25H35FO17/c1-11(28)35-8-16-18(33)20(39-14(4)31)22(24(41-16)34-7-6-26)43-25-23(40-15(5)32)21(37-10-27)19(38-13(3)30)17(42-25)9-36-12(2)29/h10,16-25,33H,6-9H2,1-5H3/t16-,17+,18+,19+,20-,21-,22-,23-,24-,25+/m0/s1. The van der Waals surface area contributed by atoms with Gasteiger partial charge < -0.3 is 52.5 Å². The first-order valence-corrected chi connectivity index (χ1v) is 13.0. The molecule has 2 heterocycles. The molecule has 0 amide bonds. The van der Waals surface area contributed by atoms with Crippen LogP contribution in [0.25, 0.3) is 0 Å². The molecule has 43 heavy (non-hydrogen) atoms. The van der Waals surface area contributed by atoms with Gasteiger partial charge in [-0.25, -0.2) is 4.39 Å². The molecule has 2 aliphatic heterocycles. The van der Waals surface area contributed by atoms with Crippen LogP contribution in [0.5, 0.6) is 0 Å². The van der Waals surface area contributed by atoms with Gasteiger partial charge in [0.25, 0.3) is 6.47 Å². The minimum absolute atomic E-state index is 0.0230. The third kappa shape index (κ3) is 10.6. The topological polar surface area (TPSA) is 215 Å². The molecule has 244 valence electrons. The predicted molar refractivity (Wildman–Crippen MR) is 131 cm³/mol. The first-order valence-electron chi connectivity index (χ1n) is 13.0. The maximum Gasteiger partial charge on any atom is 0.303 e. The zero-order chi connectivity index (χ0) is 32.3. The average molecular weight is 627 g/mol. The maximum absolute atomic E-state index is 13.1. The Bertz CT molecular complexity index is 991. The fourth-order valence-corrected chi connectivity index (χ4v) is 4.34. The van der Waals surface area contributed by atoms with E-state index < -0.39 is 118 Å². The number of aliphatic hydroxyl groups is 1. The highest BCUT2D eigenvalue weighted by molar-refractivity contribution is 5.68. The summed E-state index contributed by atoms with van der Waals surface area (Å²) in [6, 6.07) is 0. The lowest BCUT2D eigenvalue weighted by Crippen LogP contribution is -2.66. The highest BCUT2D eigenvalue weighted by Crippen LogP contribution is 2.34. The summed E-state index contributed by atoms with van der Waals surface area (Å²) < 4.78 is 66.9. The van der Waals surface area contributed by atoms with Crippen molar-refractivity contribution < 1.29 is 85.6 Å². The molecule has 0 aliphatic carbocycles. The number of rotatable bonds is 14. The van der Waals surface area contributed by atoms with Crippen molar-refractivity contribution >= 4 is 36.3 Å². The van der Waals surface area contributed by atoms with Crippen molar-refractivity contribution in [3.8, 4) is 0 Å². The minimum Gasteiger partial charge on any atom is -0.463 e. The monoisotopic (exact) mass is 626 g/mol. The fourth-order valence-electron chi connectivity index (χ4n) is 4.34. The molecular formula is C25H35FO17. The van der Waals surface area contributed by atoms with E-state index in [0.29, 0.717) is 0 Å². The number of esters is 5. The molecule has 10 atom stereocenters. The molecule has 18 heteroatoms. The lowest BCUT2D eigenvalue weighted by atomic mass is 9.96. The van der Waals surface area contributed by atoms with E-state index in [-0.39, 0.29) is 6.47 Å². The van der Waals surface area contributed by atoms with Gasteiger partial charge in [-0.15, -0.1) is 0 Å². The third-order valence-electron chi connectivity index (χ3n) is 5.88. The molecule has 0 spiro atoms. The molecule has 0 saturated carbocycles. The zero-order valence-electron chi connectivity index (χ0n) is 24.0. The van der Waals surface area contributed by atoms with E-state index in [1.54, 1.807) is 0 Å². The second-order valence-corrected chi connectivity index (χ2v) is 9.26. The van der Waals surface area contributed by atoms with Crippen molar-refractivity contribution in [2.24, 2.45) is 0 Å². The summed E-state index contributed by atoms with van der Waals surface area (Å²) in [6.45, 7) is 2.57. The van der Waals surface area contributed by atoms with Gasteiger partial charge in [-0.05, 0) is 0 Å². The van der Waals surface area contributed by atoms with Crippen LogP contribution in [0.2, 0.25) is 0 Å². The van der Waals surface area contributed by atoms with E-state index in [9.17, 15) is 38.3 Å². The van der Waals surface area contributed by atoms with Crippen LogP contribution in [0.15, 0.2) is 0 Å². The predicted octanol–water partition coefficient (Wildman–Crippen LogP) is -1.37. The molecule has 0 radical (unpaired) electrons. The van der Waals surface area contributed by atoms with Crippen LogP contribution in [0, 0.1) is 0 Å². The SMILES string of the molecule is CC(=O)OC[C@@H]1O[C@H](OCCF)[C@@H](O[C@H]2O[C@H](COC(C)=O)[C@@H](OC(C)=O)[C@H](OC=O)[C@@H]2OC(C)=O)[C@@H](OC(C)=O)[C@@H]1O. The molecule has 0 unspecified atom stereocenters. The Morgan fingerprint density at radius 2 is 1.21 bits per heavy atom. The molecule has 0 bridgehead atoms. The van der Waals surface area contributed by atoms with Crippen molar-refractivity contribution in [3.05, 3.63) is 0 Å². The van der Waals surface area contributed by atoms with Gasteiger partial charge in [0, 0.05) is 34.6 Å². The number of alkyl halides is 1. The van der Waals surface area contributed by atoms with Gasteiger partial charge in [0.1, 0.15) is 38.2 Å². The molecule has 17 nitrogen and oxygen atoms in total. The quantitative estimate of drug-likeness (QED) is 0.134. The maximum atomic E-state index is 13.1. The van der Waals surface area contributed by atoms with Crippen molar-refractivity contribution in [2.45, 2.75) is 96.0 Å². The van der Waals surface area contributed by atoms with Crippen LogP contribution >= 0.6 is 0 Å². The molecule has 2 rings (SSSR count). The largest absolute Gasteiger partial charge is 0.463 e. The van der Waals surface area contributed by atoms with E-state index >= 15 is 0 Å². The Kier molecular flexibility index (Phi) is 14.1. The van der Waals surface area contributed by atoms with Crippen LogP contribution in [-0.4, -0.2) is 129 Å². The van der Waals surface area contributed by atoms with Crippen molar-refractivity contribution in [2.75, 3.05) is 26.5 Å². The van der Waals surface area contributed by atoms with E-state index in [4.69, 9.17) is 47.4 Å². The molecule has 2 saturated heterocycles. The minimum atomic E-state index is -1.79. The van der Waals surface area contributed by atoms with Crippen LogP contribution in [-0.2, 0) is 76.1 Å². The number of hydrogen-bond acceptors (Lipinski definition) is 17. The average Bonchev–Trinajstić information content (AvgIpc) is 2.90. The molecule has 2 fully saturated rings. The van der Waals surface area contributed by atoms with Gasteiger partial charge in [-0.3, -0.25) is 28.8 Å². The first-order chi connectivity index (χ1) is 20.3. The number of hydrogen-bond donors (Lipinski definition) is 1. The Labute approximate surface area is 245 Å². The number of aliphatic hydroxyl groups excluding tert-OH is 1. The summed E-state index contributed by atoms with van der Waals surface area (Å²) in [5.41, 5.74) is 0. The van der Waals surface area contributed by atoms with E-state index in [1.807, 2.05) is 0 Å². The summed E-state index contributed by atoms with van der Waals surface area (Å²) in [5, 5.41) is 11.0. The molecule has 2 aliphatic rings. The van der Waals surface area contributed by atoms with Crippen molar-refractivity contribution in [3.63, 3.8) is 0 Å². The molecular weight excluding hydrogens is 591 g/mol. The van der Waals surface area contributed by atoms with Crippen LogP contribution in [0.4, 0.5) is 4.39 Å². The third-order valence-corrected chi connectivity index (χ3v) is 5.88. The van der Waals surface area contributed by atoms with Crippen molar-refractivity contribution in [1.29, 1.82) is 0 Å². The Hall–Kier alpha value is -3.45. The van der Waals surface area contributed by atoms with Crippen LogP contribution < -0.4 is 0 Å². The Morgan fingerprint density at radius 3 is 1.72 bits per heavy atom. The number of halogens is 1. The van der Waals surface area contributed by atoms with E-state index in [1.165, 1.54) is 0 Å². The second-order valence-electron chi connectivity index (χ2n) is 9.26. The van der Waals surface area contributed by atoms with Gasteiger partial charge in [0.05, 0.1) is 6.61 Å². The van der Waals surface area contributed by atoms with Gasteiger partial charge in [0.2, 0.25) is 0 Å². The fraction of sp³-hybridized carbons (Fsp3) is 0.760. The van der Waals surface area contributed by atoms with Crippen LogP contribution in [0.3, 0.4) is 0 Å². The second kappa shape index (κ2) is 17.0. The highest BCUT2D eigenvalue weighted by atomic mass is 19.1. The van der Waals surface area contributed by atoms with E-state index in [2.05, 4.69) is 0 Å². The lowest BCUT2D eigenvalue weighted by molar-refractivity contribution is -0.368. The zero-order valence-corrected chi connectivity index (χ0v) is 24.0. The van der Waals surface area contributed by atoms with Gasteiger partial charge >= 0.3 is 29.8 Å². The number of carbonyl (C=O) groups is 6. The highest BCUT2D eigenvalue weighted by Gasteiger charge is 2.56. The van der Waals surface area contributed by atoms with Gasteiger partial charge in [-0.2, -0.15) is 0 Å². The summed E-state index contributed by atoms with van der Waals surface area (Å²) in [7, 11) is 0. The lowest BCUT2D eigenvalue weighted by Gasteiger charge is -2.48. The molecule has 1 N–H and O–H groups in total. The molecule has 0 aromatic heterocycles. The summed E-state index contributed by atoms with van der Waals surface area (Å²) in [4.78, 5) is 70.3. The molecule has 0 aromatic rings. The molecule has 0 aromatic carbocycles. The summed E-state index contributed by atoms with van der Waals surface area (Å²) >= 11 is 0. The van der Waals surface area contributed by atoms with Crippen molar-refractivity contribution in [1.82, 2.24) is 0 Å². The normalized spacial score (nSPS) is 32.1. The Balaban J connectivity index is 2.56. The summed E-state index contributed by atoms with van der Waals surface area (Å²) in [6.07, 6.45) is -15.9. The summed E-state index contributed by atoms with van der Waals surface area (Å²) in [5.74, 6) is -4.17. The van der Waals surface area contributed by atoms with Gasteiger partial charge in [-0.1, -0.05) is 0 Å². The number of ether oxygens (including phenoxy) is 10. The number of carbonyl (C=O) groups excluding carboxylic acids is 6. The van der Waals surface area contributed by atoms with Crippen LogP contribution in [0.1, 0.15) is 34.6 Å². The first kappa shape index (κ1) is 35.7. The smallest absolute Gasteiger partial charge is 0.303 e. The van der Waals surface area contributed by atoms with E-state index in [0.717, 1.165) is 34.6 Å². The Morgan fingerprint density at radius 1 is 0.698 bits per heavy atom.